The Morgan fingerprint density at radius 3 is 2.67 bits per heavy atom. The Morgan fingerprint density at radius 2 is 2.33 bits per heavy atom. The Labute approximate surface area is 70.4 Å². The van der Waals surface area contributed by atoms with E-state index in [1.54, 1.807) is 31.1 Å². The quantitative estimate of drug-likeness (QED) is 0.732. The number of rotatable bonds is 3. The van der Waals surface area contributed by atoms with Crippen LogP contribution in [0.4, 0.5) is 0 Å². The third-order valence-electron chi connectivity index (χ3n) is 1.56. The van der Waals surface area contributed by atoms with Crippen LogP contribution in [0, 0.1) is 0 Å². The lowest BCUT2D eigenvalue weighted by Gasteiger charge is -2.16. The molecule has 0 aliphatic heterocycles. The molecule has 1 N–H and O–H groups in total. The van der Waals surface area contributed by atoms with Gasteiger partial charge in [0, 0.05) is 0 Å². The highest BCUT2D eigenvalue weighted by molar-refractivity contribution is 5.74. The molecule has 1 aromatic rings. The molecule has 0 fully saturated rings. The third-order valence-corrected chi connectivity index (χ3v) is 1.56. The summed E-state index contributed by atoms with van der Waals surface area (Å²) >= 11 is 0. The van der Waals surface area contributed by atoms with E-state index >= 15 is 0 Å². The number of aliphatic carboxylic acids is 1. The number of carbonyl (C=O) groups is 1. The molecule has 0 saturated heterocycles. The van der Waals surface area contributed by atoms with E-state index in [0.29, 0.717) is 5.76 Å². The van der Waals surface area contributed by atoms with E-state index in [2.05, 4.69) is 0 Å². The highest BCUT2D eigenvalue weighted by atomic mass is 16.4. The Balaban J connectivity index is 2.88. The fourth-order valence-electron chi connectivity index (χ4n) is 1.04. The van der Waals surface area contributed by atoms with Crippen LogP contribution in [0.3, 0.4) is 0 Å². The van der Waals surface area contributed by atoms with E-state index in [4.69, 9.17) is 9.52 Å². The van der Waals surface area contributed by atoms with Gasteiger partial charge in [0.1, 0.15) is 5.76 Å². The first-order valence-corrected chi connectivity index (χ1v) is 3.55. The van der Waals surface area contributed by atoms with E-state index in [9.17, 15) is 4.79 Å². The zero-order valence-corrected chi connectivity index (χ0v) is 7.02. The van der Waals surface area contributed by atoms with Crippen molar-refractivity contribution in [1.82, 2.24) is 4.90 Å². The highest BCUT2D eigenvalue weighted by Gasteiger charge is 2.24. The van der Waals surface area contributed by atoms with Gasteiger partial charge in [-0.3, -0.25) is 9.69 Å². The van der Waals surface area contributed by atoms with Crippen molar-refractivity contribution in [2.45, 2.75) is 6.04 Å². The summed E-state index contributed by atoms with van der Waals surface area (Å²) in [5, 5.41) is 8.81. The average molecular weight is 169 g/mol. The predicted octanol–water partition coefficient (Wildman–Crippen LogP) is 0.967. The minimum atomic E-state index is -0.907. The summed E-state index contributed by atoms with van der Waals surface area (Å²) in [5.41, 5.74) is 0. The molecule has 1 rings (SSSR count). The molecule has 0 spiro atoms. The molecule has 0 aromatic carbocycles. The summed E-state index contributed by atoms with van der Waals surface area (Å²) in [6.07, 6.45) is 1.47. The number of carboxylic acid groups (broad SMARTS) is 1. The van der Waals surface area contributed by atoms with Gasteiger partial charge in [-0.2, -0.15) is 0 Å². The number of furan rings is 1. The number of carboxylic acids is 1. The zero-order valence-electron chi connectivity index (χ0n) is 7.02. The molecule has 0 amide bonds. The van der Waals surface area contributed by atoms with Gasteiger partial charge in [0.25, 0.3) is 0 Å². The van der Waals surface area contributed by atoms with Crippen molar-refractivity contribution >= 4 is 5.97 Å². The molecule has 1 atom stereocenters. The molecule has 0 radical (unpaired) electrons. The van der Waals surface area contributed by atoms with Crippen molar-refractivity contribution in [3.05, 3.63) is 24.2 Å². The standard InChI is InChI=1S/C8H11NO3/c1-9(2)7(8(10)11)6-4-3-5-12-6/h3-5,7H,1-2H3,(H,10,11). The van der Waals surface area contributed by atoms with Gasteiger partial charge in [-0.1, -0.05) is 0 Å². The molecule has 0 aliphatic rings. The first kappa shape index (κ1) is 8.80. The Kier molecular flexibility index (Phi) is 2.50. The Bertz CT molecular complexity index is 253. The first-order valence-electron chi connectivity index (χ1n) is 3.55. The van der Waals surface area contributed by atoms with Crippen LogP contribution in [-0.2, 0) is 4.79 Å². The van der Waals surface area contributed by atoms with Gasteiger partial charge in [-0.05, 0) is 26.2 Å². The second-order valence-corrected chi connectivity index (χ2v) is 2.72. The number of hydrogen-bond acceptors (Lipinski definition) is 3. The lowest BCUT2D eigenvalue weighted by Crippen LogP contribution is -2.26. The second-order valence-electron chi connectivity index (χ2n) is 2.72. The fraction of sp³-hybridized carbons (Fsp3) is 0.375. The summed E-state index contributed by atoms with van der Waals surface area (Å²) < 4.78 is 5.00. The van der Waals surface area contributed by atoms with Crippen molar-refractivity contribution in [2.24, 2.45) is 0 Å². The van der Waals surface area contributed by atoms with Crippen LogP contribution in [-0.4, -0.2) is 30.1 Å². The van der Waals surface area contributed by atoms with Crippen molar-refractivity contribution in [2.75, 3.05) is 14.1 Å². The molecule has 4 heteroatoms. The molecule has 0 aliphatic carbocycles. The lowest BCUT2D eigenvalue weighted by molar-refractivity contribution is -0.143. The number of hydrogen-bond donors (Lipinski definition) is 1. The van der Waals surface area contributed by atoms with E-state index in [-0.39, 0.29) is 0 Å². The molecule has 12 heavy (non-hydrogen) atoms. The zero-order chi connectivity index (χ0) is 9.14. The summed E-state index contributed by atoms with van der Waals surface area (Å²) in [6.45, 7) is 0. The van der Waals surface area contributed by atoms with Crippen LogP contribution in [0.25, 0.3) is 0 Å². The maximum absolute atomic E-state index is 10.7. The molecule has 1 heterocycles. The average Bonchev–Trinajstić information content (AvgIpc) is 2.37. The number of likely N-dealkylation sites (N-methyl/N-ethyl adjacent to an activating group) is 1. The van der Waals surface area contributed by atoms with Crippen LogP contribution in [0.5, 0.6) is 0 Å². The lowest BCUT2D eigenvalue weighted by atomic mass is 10.2. The van der Waals surface area contributed by atoms with Crippen LogP contribution in [0.1, 0.15) is 11.8 Å². The maximum Gasteiger partial charge on any atom is 0.328 e. The van der Waals surface area contributed by atoms with Crippen LogP contribution >= 0.6 is 0 Å². The van der Waals surface area contributed by atoms with Gasteiger partial charge >= 0.3 is 5.97 Å². The normalized spacial score (nSPS) is 13.2. The smallest absolute Gasteiger partial charge is 0.328 e. The summed E-state index contributed by atoms with van der Waals surface area (Å²) in [5.74, 6) is -0.456. The van der Waals surface area contributed by atoms with Crippen LogP contribution in [0.2, 0.25) is 0 Å². The van der Waals surface area contributed by atoms with Gasteiger partial charge in [-0.25, -0.2) is 0 Å². The minimum Gasteiger partial charge on any atom is -0.480 e. The van der Waals surface area contributed by atoms with Gasteiger partial charge in [0.2, 0.25) is 0 Å². The van der Waals surface area contributed by atoms with Gasteiger partial charge in [0.15, 0.2) is 6.04 Å². The first-order chi connectivity index (χ1) is 5.63. The Hall–Kier alpha value is -1.29. The SMILES string of the molecule is CN(C)C(C(=O)O)c1ccco1. The maximum atomic E-state index is 10.7. The van der Waals surface area contributed by atoms with Crippen molar-refractivity contribution in [3.8, 4) is 0 Å². The molecule has 0 bridgehead atoms. The Morgan fingerprint density at radius 1 is 1.67 bits per heavy atom. The number of nitrogens with zero attached hydrogens (tertiary/aromatic N) is 1. The predicted molar refractivity (Wildman–Crippen MR) is 42.8 cm³/mol. The van der Waals surface area contributed by atoms with Gasteiger partial charge in [0.05, 0.1) is 6.26 Å². The molecule has 1 unspecified atom stereocenters. The molecular formula is C8H11NO3. The molecule has 4 nitrogen and oxygen atoms in total. The largest absolute Gasteiger partial charge is 0.480 e. The van der Waals surface area contributed by atoms with Crippen molar-refractivity contribution in [3.63, 3.8) is 0 Å². The monoisotopic (exact) mass is 169 g/mol. The van der Waals surface area contributed by atoms with E-state index in [1.807, 2.05) is 0 Å². The highest BCUT2D eigenvalue weighted by Crippen LogP contribution is 2.18. The summed E-state index contributed by atoms with van der Waals surface area (Å²) in [6, 6.07) is 2.63. The van der Waals surface area contributed by atoms with Crippen LogP contribution in [0.15, 0.2) is 22.8 Å². The minimum absolute atomic E-state index is 0.451. The molecule has 66 valence electrons. The van der Waals surface area contributed by atoms with Crippen LogP contribution < -0.4 is 0 Å². The van der Waals surface area contributed by atoms with Crippen molar-refractivity contribution in [1.29, 1.82) is 0 Å². The van der Waals surface area contributed by atoms with Gasteiger partial charge in [-0.15, -0.1) is 0 Å². The summed E-state index contributed by atoms with van der Waals surface area (Å²) in [4.78, 5) is 12.3. The molecule has 0 saturated carbocycles. The van der Waals surface area contributed by atoms with E-state index in [0.717, 1.165) is 0 Å². The topological polar surface area (TPSA) is 53.7 Å². The fourth-order valence-corrected chi connectivity index (χ4v) is 1.04. The van der Waals surface area contributed by atoms with Gasteiger partial charge < -0.3 is 9.52 Å². The summed E-state index contributed by atoms with van der Waals surface area (Å²) in [7, 11) is 3.39. The third kappa shape index (κ3) is 1.65. The van der Waals surface area contributed by atoms with E-state index < -0.39 is 12.0 Å². The van der Waals surface area contributed by atoms with E-state index in [1.165, 1.54) is 6.26 Å². The van der Waals surface area contributed by atoms with Crippen molar-refractivity contribution < 1.29 is 14.3 Å². The molecular weight excluding hydrogens is 158 g/mol. The second kappa shape index (κ2) is 3.40. The molecule has 1 aromatic heterocycles.